The average Bonchev–Trinajstić information content (AvgIpc) is 3.22. The Balaban J connectivity index is 1.59. The molecule has 132 valence electrons. The van der Waals surface area contributed by atoms with E-state index in [1.54, 1.807) is 0 Å². The molecule has 4 heterocycles. The lowest BCUT2D eigenvalue weighted by atomic mass is 10.1. The predicted octanol–water partition coefficient (Wildman–Crippen LogP) is 2.21. The van der Waals surface area contributed by atoms with Crippen LogP contribution in [0.15, 0.2) is 29.3 Å². The Morgan fingerprint density at radius 3 is 2.80 bits per heavy atom. The van der Waals surface area contributed by atoms with Gasteiger partial charge in [0.15, 0.2) is 5.69 Å². The summed E-state index contributed by atoms with van der Waals surface area (Å²) in [5, 5.41) is 8.58. The third-order valence-corrected chi connectivity index (χ3v) is 5.08. The highest BCUT2D eigenvalue weighted by Gasteiger charge is 2.34. The summed E-state index contributed by atoms with van der Waals surface area (Å²) in [4.78, 5) is 18.3. The molecular weight excluding hydrogens is 357 g/mol. The van der Waals surface area contributed by atoms with Crippen molar-refractivity contribution in [1.82, 2.24) is 24.4 Å². The van der Waals surface area contributed by atoms with Crippen molar-refractivity contribution >= 4 is 21.4 Å². The number of anilines is 1. The molecule has 0 N–H and O–H groups in total. The summed E-state index contributed by atoms with van der Waals surface area (Å²) in [7, 11) is 0. The lowest BCUT2D eigenvalue weighted by Gasteiger charge is -2.32. The molecule has 7 nitrogen and oxygen atoms in total. The second kappa shape index (κ2) is 5.83. The van der Waals surface area contributed by atoms with Crippen molar-refractivity contribution in [3.63, 3.8) is 0 Å². The number of rotatable bonds is 2. The van der Waals surface area contributed by atoms with Crippen molar-refractivity contribution in [3.05, 3.63) is 40.6 Å². The zero-order valence-electron chi connectivity index (χ0n) is 12.8. The van der Waals surface area contributed by atoms with Gasteiger partial charge in [0.25, 0.3) is 5.56 Å². The van der Waals surface area contributed by atoms with Gasteiger partial charge in [-0.2, -0.15) is 22.8 Å². The standard InChI is InChI=1S/C14H13F3N6OS/c15-14(16,17)10-4-7-22(19-10)9-2-1-6-21(8-9)13-20-23-11(24)3-5-18-12(23)25-13/h3-5,7,9H,1-2,6,8H2. The number of alkyl halides is 3. The summed E-state index contributed by atoms with van der Waals surface area (Å²) in [6, 6.07) is 2.14. The lowest BCUT2D eigenvalue weighted by Crippen LogP contribution is -2.37. The maximum Gasteiger partial charge on any atom is 0.435 e. The van der Waals surface area contributed by atoms with Crippen LogP contribution in [0.4, 0.5) is 18.3 Å². The van der Waals surface area contributed by atoms with Gasteiger partial charge >= 0.3 is 6.18 Å². The second-order valence-electron chi connectivity index (χ2n) is 5.78. The number of nitrogens with zero attached hydrogens (tertiary/aromatic N) is 6. The van der Waals surface area contributed by atoms with Crippen LogP contribution < -0.4 is 10.5 Å². The van der Waals surface area contributed by atoms with Gasteiger partial charge in [0.05, 0.1) is 6.04 Å². The minimum Gasteiger partial charge on any atom is -0.345 e. The molecule has 1 aliphatic rings. The van der Waals surface area contributed by atoms with E-state index in [4.69, 9.17) is 0 Å². The molecular formula is C14H13F3N6OS. The number of piperidine rings is 1. The van der Waals surface area contributed by atoms with Crippen LogP contribution in [0.25, 0.3) is 4.96 Å². The Labute approximate surface area is 143 Å². The Morgan fingerprint density at radius 2 is 2.08 bits per heavy atom. The SMILES string of the molecule is O=c1ccnc2sc(N3CCCC(n4ccc(C(F)(F)F)n4)C3)nn12. The van der Waals surface area contributed by atoms with Crippen molar-refractivity contribution in [3.8, 4) is 0 Å². The van der Waals surface area contributed by atoms with Crippen LogP contribution in [0.5, 0.6) is 0 Å². The van der Waals surface area contributed by atoms with Gasteiger partial charge < -0.3 is 4.90 Å². The molecule has 0 aliphatic carbocycles. The van der Waals surface area contributed by atoms with Crippen LogP contribution >= 0.6 is 11.3 Å². The highest BCUT2D eigenvalue weighted by Crippen LogP contribution is 2.31. The first kappa shape index (κ1) is 16.1. The molecule has 0 radical (unpaired) electrons. The third-order valence-electron chi connectivity index (χ3n) is 4.10. The maximum absolute atomic E-state index is 12.7. The quantitative estimate of drug-likeness (QED) is 0.692. The summed E-state index contributed by atoms with van der Waals surface area (Å²) in [5.41, 5.74) is -1.15. The molecule has 1 aliphatic heterocycles. The third kappa shape index (κ3) is 2.99. The van der Waals surface area contributed by atoms with Gasteiger partial charge in [-0.05, 0) is 18.9 Å². The van der Waals surface area contributed by atoms with E-state index in [0.717, 1.165) is 25.5 Å². The predicted molar refractivity (Wildman–Crippen MR) is 84.8 cm³/mol. The van der Waals surface area contributed by atoms with Gasteiger partial charge in [-0.25, -0.2) is 4.98 Å². The number of fused-ring (bicyclic) bond motifs is 1. The molecule has 0 saturated carbocycles. The fourth-order valence-electron chi connectivity index (χ4n) is 2.90. The molecule has 0 amide bonds. The lowest BCUT2D eigenvalue weighted by molar-refractivity contribution is -0.141. The topological polar surface area (TPSA) is 68.3 Å². The van der Waals surface area contributed by atoms with Gasteiger partial charge in [-0.1, -0.05) is 11.3 Å². The Kier molecular flexibility index (Phi) is 3.74. The Morgan fingerprint density at radius 1 is 1.24 bits per heavy atom. The normalized spacial score (nSPS) is 18.8. The molecule has 0 spiro atoms. The van der Waals surface area contributed by atoms with Crippen LogP contribution in [0.2, 0.25) is 0 Å². The van der Waals surface area contributed by atoms with E-state index in [0.29, 0.717) is 16.6 Å². The molecule has 25 heavy (non-hydrogen) atoms. The molecule has 0 bridgehead atoms. The van der Waals surface area contributed by atoms with E-state index >= 15 is 0 Å². The number of halogens is 3. The van der Waals surface area contributed by atoms with Gasteiger partial charge in [0, 0.05) is 31.5 Å². The number of hydrogen-bond donors (Lipinski definition) is 0. The van der Waals surface area contributed by atoms with E-state index in [-0.39, 0.29) is 11.6 Å². The van der Waals surface area contributed by atoms with Gasteiger partial charge in [0.2, 0.25) is 10.1 Å². The minimum atomic E-state index is -4.44. The van der Waals surface area contributed by atoms with Crippen LogP contribution in [0.3, 0.4) is 0 Å². The largest absolute Gasteiger partial charge is 0.435 e. The molecule has 3 aromatic heterocycles. The highest BCUT2D eigenvalue weighted by molar-refractivity contribution is 7.20. The zero-order valence-corrected chi connectivity index (χ0v) is 13.7. The summed E-state index contributed by atoms with van der Waals surface area (Å²) in [6.07, 6.45) is -0.120. The Hall–Kier alpha value is -2.43. The summed E-state index contributed by atoms with van der Waals surface area (Å²) in [6.45, 7) is 1.20. The van der Waals surface area contributed by atoms with Crippen LogP contribution in [0.1, 0.15) is 24.6 Å². The van der Waals surface area contributed by atoms with Crippen molar-refractivity contribution in [2.24, 2.45) is 0 Å². The van der Waals surface area contributed by atoms with Crippen molar-refractivity contribution < 1.29 is 13.2 Å². The van der Waals surface area contributed by atoms with E-state index in [1.807, 2.05) is 4.90 Å². The molecule has 1 unspecified atom stereocenters. The maximum atomic E-state index is 12.7. The van der Waals surface area contributed by atoms with E-state index in [9.17, 15) is 18.0 Å². The fraction of sp³-hybridized carbons (Fsp3) is 0.429. The monoisotopic (exact) mass is 370 g/mol. The first-order valence-corrected chi connectivity index (χ1v) is 8.46. The molecule has 1 saturated heterocycles. The number of aromatic nitrogens is 5. The van der Waals surface area contributed by atoms with Crippen LogP contribution in [-0.2, 0) is 6.18 Å². The minimum absolute atomic E-state index is 0.179. The molecule has 4 rings (SSSR count). The average molecular weight is 370 g/mol. The highest BCUT2D eigenvalue weighted by atomic mass is 32.1. The van der Waals surface area contributed by atoms with E-state index in [2.05, 4.69) is 15.2 Å². The first-order chi connectivity index (χ1) is 11.9. The summed E-state index contributed by atoms with van der Waals surface area (Å²) in [5.74, 6) is 0. The van der Waals surface area contributed by atoms with Crippen LogP contribution in [0, 0.1) is 0 Å². The zero-order chi connectivity index (χ0) is 17.6. The van der Waals surface area contributed by atoms with E-state index in [1.165, 1.54) is 39.0 Å². The molecule has 11 heteroatoms. The van der Waals surface area contributed by atoms with Gasteiger partial charge in [-0.3, -0.25) is 9.48 Å². The van der Waals surface area contributed by atoms with Crippen molar-refractivity contribution in [1.29, 1.82) is 0 Å². The van der Waals surface area contributed by atoms with Crippen molar-refractivity contribution in [2.75, 3.05) is 18.0 Å². The smallest absolute Gasteiger partial charge is 0.345 e. The Bertz CT molecular complexity index is 961. The van der Waals surface area contributed by atoms with Gasteiger partial charge in [0.1, 0.15) is 0 Å². The van der Waals surface area contributed by atoms with Crippen LogP contribution in [-0.4, -0.2) is 37.5 Å². The summed E-state index contributed by atoms with van der Waals surface area (Å²) >= 11 is 1.28. The molecule has 1 atom stereocenters. The fourth-order valence-corrected chi connectivity index (χ4v) is 3.81. The van der Waals surface area contributed by atoms with Gasteiger partial charge in [-0.15, -0.1) is 5.10 Å². The van der Waals surface area contributed by atoms with E-state index < -0.39 is 11.9 Å². The summed E-state index contributed by atoms with van der Waals surface area (Å²) < 4.78 is 40.8. The molecule has 3 aromatic rings. The second-order valence-corrected chi connectivity index (χ2v) is 6.72. The van der Waals surface area contributed by atoms with Crippen molar-refractivity contribution in [2.45, 2.75) is 25.1 Å². The first-order valence-electron chi connectivity index (χ1n) is 7.64. The number of hydrogen-bond acceptors (Lipinski definition) is 6. The molecule has 0 aromatic carbocycles. The molecule has 1 fully saturated rings.